The second-order valence-electron chi connectivity index (χ2n) is 8.86. The monoisotopic (exact) mass is 395 g/mol. The van der Waals surface area contributed by atoms with Gasteiger partial charge in [0.15, 0.2) is 0 Å². The van der Waals surface area contributed by atoms with E-state index in [9.17, 15) is 9.59 Å². The van der Waals surface area contributed by atoms with Crippen molar-refractivity contribution >= 4 is 12.0 Å². The van der Waals surface area contributed by atoms with Gasteiger partial charge in [0.2, 0.25) is 0 Å². The Morgan fingerprint density at radius 2 is 1.93 bits per heavy atom. The van der Waals surface area contributed by atoms with Crippen LogP contribution in [-0.4, -0.2) is 78.4 Å². The van der Waals surface area contributed by atoms with Gasteiger partial charge in [-0.1, -0.05) is 19.3 Å². The van der Waals surface area contributed by atoms with E-state index in [4.69, 9.17) is 9.84 Å². The molecule has 2 N–H and O–H groups in total. The van der Waals surface area contributed by atoms with Crippen molar-refractivity contribution in [2.75, 3.05) is 33.3 Å². The van der Waals surface area contributed by atoms with E-state index >= 15 is 0 Å². The second-order valence-corrected chi connectivity index (χ2v) is 8.86. The van der Waals surface area contributed by atoms with Crippen molar-refractivity contribution in [2.24, 2.45) is 5.41 Å². The molecule has 3 unspecified atom stereocenters. The van der Waals surface area contributed by atoms with Crippen LogP contribution in [0.3, 0.4) is 0 Å². The maximum absolute atomic E-state index is 13.0. The van der Waals surface area contributed by atoms with Crippen LogP contribution in [0.2, 0.25) is 0 Å². The Morgan fingerprint density at radius 3 is 2.61 bits per heavy atom. The van der Waals surface area contributed by atoms with Crippen molar-refractivity contribution in [2.45, 2.75) is 82.9 Å². The Labute approximate surface area is 168 Å². The molecule has 28 heavy (non-hydrogen) atoms. The van der Waals surface area contributed by atoms with Gasteiger partial charge in [0.05, 0.1) is 12.6 Å². The molecule has 1 saturated heterocycles. The van der Waals surface area contributed by atoms with Crippen molar-refractivity contribution < 1.29 is 19.4 Å². The van der Waals surface area contributed by atoms with Gasteiger partial charge in [-0.15, -0.1) is 0 Å². The summed E-state index contributed by atoms with van der Waals surface area (Å²) in [6, 6.07) is 0.502. The minimum atomic E-state index is -0.798. The van der Waals surface area contributed by atoms with E-state index < -0.39 is 5.97 Å². The molecule has 160 valence electrons. The highest BCUT2D eigenvalue weighted by atomic mass is 16.5. The van der Waals surface area contributed by atoms with Crippen LogP contribution in [0.25, 0.3) is 0 Å². The fourth-order valence-electron chi connectivity index (χ4n) is 5.57. The number of amides is 2. The summed E-state index contributed by atoms with van der Waals surface area (Å²) in [4.78, 5) is 27.8. The number of carboxylic acids is 1. The molecule has 3 fully saturated rings. The van der Waals surface area contributed by atoms with Gasteiger partial charge in [0.25, 0.3) is 0 Å². The Balaban J connectivity index is 1.54. The second kappa shape index (κ2) is 9.44. The number of hydrogen-bond donors (Lipinski definition) is 2. The highest BCUT2D eigenvalue weighted by Gasteiger charge is 2.56. The molecule has 0 aromatic carbocycles. The zero-order valence-electron chi connectivity index (χ0n) is 17.5. The lowest BCUT2D eigenvalue weighted by atomic mass is 9.55. The van der Waals surface area contributed by atoms with Crippen LogP contribution >= 0.6 is 0 Å². The highest BCUT2D eigenvalue weighted by Crippen LogP contribution is 2.53. The van der Waals surface area contributed by atoms with Crippen LogP contribution in [-0.2, 0) is 9.53 Å². The van der Waals surface area contributed by atoms with E-state index in [0.29, 0.717) is 12.6 Å². The molecular formula is C21H37N3O4. The third-order valence-electron chi connectivity index (χ3n) is 7.23. The molecule has 7 heteroatoms. The lowest BCUT2D eigenvalue weighted by Gasteiger charge is -2.57. The lowest BCUT2D eigenvalue weighted by molar-refractivity contribution is -0.147. The number of rotatable bonds is 6. The normalized spacial score (nSPS) is 30.0. The summed E-state index contributed by atoms with van der Waals surface area (Å²) in [5.74, 6) is -0.798. The molecule has 2 aliphatic carbocycles. The highest BCUT2D eigenvalue weighted by molar-refractivity contribution is 5.75. The van der Waals surface area contributed by atoms with Crippen molar-refractivity contribution in [3.8, 4) is 0 Å². The molecule has 0 radical (unpaired) electrons. The third kappa shape index (κ3) is 4.62. The topological polar surface area (TPSA) is 82.1 Å². The fraction of sp³-hybridized carbons (Fsp3) is 0.905. The lowest BCUT2D eigenvalue weighted by Crippen LogP contribution is -2.66. The molecule has 1 heterocycles. The Morgan fingerprint density at radius 1 is 1.18 bits per heavy atom. The van der Waals surface area contributed by atoms with Gasteiger partial charge >= 0.3 is 12.0 Å². The third-order valence-corrected chi connectivity index (χ3v) is 7.23. The molecule has 2 saturated carbocycles. The van der Waals surface area contributed by atoms with Crippen LogP contribution < -0.4 is 5.32 Å². The van der Waals surface area contributed by atoms with E-state index in [1.807, 2.05) is 16.8 Å². The zero-order valence-corrected chi connectivity index (χ0v) is 17.5. The predicted molar refractivity (Wildman–Crippen MR) is 107 cm³/mol. The maximum Gasteiger partial charge on any atom is 0.317 e. The molecule has 2 amide bonds. The fourth-order valence-corrected chi connectivity index (χ4v) is 5.57. The number of carbonyl (C=O) groups excluding carboxylic acids is 1. The minimum Gasteiger partial charge on any atom is -0.480 e. The number of likely N-dealkylation sites (N-methyl/N-ethyl adjacent to an activating group) is 1. The number of hydrogen-bond acceptors (Lipinski definition) is 4. The smallest absolute Gasteiger partial charge is 0.317 e. The average Bonchev–Trinajstić information content (AvgIpc) is 2.93. The molecular weight excluding hydrogens is 358 g/mol. The van der Waals surface area contributed by atoms with E-state index in [1.54, 1.807) is 0 Å². The Kier molecular flexibility index (Phi) is 7.20. The number of carboxylic acid groups (broad SMARTS) is 1. The molecule has 1 spiro atoms. The van der Waals surface area contributed by atoms with E-state index in [2.05, 4.69) is 12.2 Å². The molecule has 7 nitrogen and oxygen atoms in total. The first-order valence-corrected chi connectivity index (χ1v) is 11.1. The first-order chi connectivity index (χ1) is 13.5. The summed E-state index contributed by atoms with van der Waals surface area (Å²) in [5, 5.41) is 12.4. The SMILES string of the molecule is CCOC1CC(NC(=O)N2CCCC(N(C)CC(=O)O)CC2)C12CCCCC2. The summed E-state index contributed by atoms with van der Waals surface area (Å²) < 4.78 is 6.00. The molecule has 0 bridgehead atoms. The number of nitrogens with one attached hydrogen (secondary N) is 1. The number of ether oxygens (including phenoxy) is 1. The number of carbonyl (C=O) groups is 2. The number of likely N-dealkylation sites (tertiary alicyclic amines) is 1. The van der Waals surface area contributed by atoms with Gasteiger partial charge in [-0.05, 0) is 52.5 Å². The molecule has 0 aromatic rings. The molecule has 3 aliphatic rings. The van der Waals surface area contributed by atoms with Gasteiger partial charge in [-0.25, -0.2) is 4.79 Å². The first-order valence-electron chi connectivity index (χ1n) is 11.1. The minimum absolute atomic E-state index is 0.0476. The molecule has 3 atom stereocenters. The van der Waals surface area contributed by atoms with Crippen LogP contribution in [0, 0.1) is 5.41 Å². The van der Waals surface area contributed by atoms with Gasteiger partial charge in [-0.3, -0.25) is 9.69 Å². The quantitative estimate of drug-likeness (QED) is 0.723. The summed E-state index contributed by atoms with van der Waals surface area (Å²) in [5.41, 5.74) is 0.139. The van der Waals surface area contributed by atoms with Crippen LogP contribution in [0.15, 0.2) is 0 Å². The summed E-state index contributed by atoms with van der Waals surface area (Å²) in [7, 11) is 1.86. The summed E-state index contributed by atoms with van der Waals surface area (Å²) >= 11 is 0. The number of urea groups is 1. The summed E-state index contributed by atoms with van der Waals surface area (Å²) in [6.45, 7) is 4.29. The number of nitrogens with zero attached hydrogens (tertiary/aromatic N) is 2. The van der Waals surface area contributed by atoms with Crippen molar-refractivity contribution in [3.05, 3.63) is 0 Å². The number of aliphatic carboxylic acids is 1. The Hall–Kier alpha value is -1.34. The average molecular weight is 396 g/mol. The van der Waals surface area contributed by atoms with Crippen LogP contribution in [0.4, 0.5) is 4.79 Å². The van der Waals surface area contributed by atoms with Crippen LogP contribution in [0.5, 0.6) is 0 Å². The standard InChI is InChI=1S/C21H37N3O4/c1-3-28-18-14-17(21(18)10-5-4-6-11-21)22-20(27)24-12-7-8-16(9-13-24)23(2)15-19(25)26/h16-18H,3-15H2,1-2H3,(H,22,27)(H,25,26). The van der Waals surface area contributed by atoms with E-state index in [-0.39, 0.29) is 30.1 Å². The van der Waals surface area contributed by atoms with Crippen molar-refractivity contribution in [3.63, 3.8) is 0 Å². The Bertz CT molecular complexity index is 550. The van der Waals surface area contributed by atoms with E-state index in [1.165, 1.54) is 19.3 Å². The van der Waals surface area contributed by atoms with Gasteiger partial charge in [0, 0.05) is 37.2 Å². The van der Waals surface area contributed by atoms with Crippen LogP contribution in [0.1, 0.15) is 64.7 Å². The van der Waals surface area contributed by atoms with Crippen molar-refractivity contribution in [1.29, 1.82) is 0 Å². The maximum atomic E-state index is 13.0. The van der Waals surface area contributed by atoms with Gasteiger partial charge < -0.3 is 20.1 Å². The van der Waals surface area contributed by atoms with Gasteiger partial charge in [0.1, 0.15) is 0 Å². The van der Waals surface area contributed by atoms with Gasteiger partial charge in [-0.2, -0.15) is 0 Å². The summed E-state index contributed by atoms with van der Waals surface area (Å²) in [6.07, 6.45) is 9.97. The largest absolute Gasteiger partial charge is 0.480 e. The molecule has 0 aromatic heterocycles. The predicted octanol–water partition coefficient (Wildman–Crippen LogP) is 2.69. The van der Waals surface area contributed by atoms with E-state index in [0.717, 1.165) is 51.7 Å². The molecule has 1 aliphatic heterocycles. The zero-order chi connectivity index (χ0) is 20.1. The molecule has 3 rings (SSSR count). The first kappa shape index (κ1) is 21.4. The van der Waals surface area contributed by atoms with Crippen molar-refractivity contribution in [1.82, 2.24) is 15.1 Å².